The van der Waals surface area contributed by atoms with Crippen molar-refractivity contribution in [3.8, 4) is 0 Å². The number of rotatable bonds is 1. The molecule has 0 saturated carbocycles. The van der Waals surface area contributed by atoms with Crippen LogP contribution in [0.5, 0.6) is 0 Å². The Morgan fingerprint density at radius 3 is 3.18 bits per heavy atom. The Balaban J connectivity index is 2.55. The zero-order valence-corrected chi connectivity index (χ0v) is 6.63. The van der Waals surface area contributed by atoms with Crippen molar-refractivity contribution in [1.82, 2.24) is 10.3 Å². The maximum Gasteiger partial charge on any atom is 0.359 e. The molecular formula is C5H6N4OS. The zero-order valence-electron chi connectivity index (χ0n) is 5.81. The fourth-order valence-electron chi connectivity index (χ4n) is 0.403. The highest BCUT2D eigenvalue weighted by atomic mass is 32.1. The molecule has 1 aromatic rings. The predicted octanol–water partition coefficient (Wildman–Crippen LogP) is 1.57. The summed E-state index contributed by atoms with van der Waals surface area (Å²) in [6.07, 6.45) is 1.60. The number of azo groups is 1. The molecule has 0 aromatic carbocycles. The molecule has 2 amide bonds. The first-order valence-corrected chi connectivity index (χ1v) is 3.74. The van der Waals surface area contributed by atoms with Gasteiger partial charge in [-0.3, -0.25) is 0 Å². The lowest BCUT2D eigenvalue weighted by molar-refractivity contribution is 0.250. The predicted molar refractivity (Wildman–Crippen MR) is 41.1 cm³/mol. The smallest absolute Gasteiger partial charge is 0.338 e. The van der Waals surface area contributed by atoms with E-state index < -0.39 is 6.03 Å². The highest BCUT2D eigenvalue weighted by molar-refractivity contribution is 7.13. The number of carbonyl (C=O) groups excluding carboxylic acids is 1. The fraction of sp³-hybridized carbons (Fsp3) is 0.200. The van der Waals surface area contributed by atoms with E-state index in [2.05, 4.69) is 20.5 Å². The van der Waals surface area contributed by atoms with E-state index in [1.165, 1.54) is 18.4 Å². The average Bonchev–Trinajstić information content (AvgIpc) is 2.52. The molecule has 6 heteroatoms. The lowest BCUT2D eigenvalue weighted by atomic mass is 11.0. The van der Waals surface area contributed by atoms with Crippen molar-refractivity contribution in [2.75, 3.05) is 7.05 Å². The SMILES string of the molecule is CNC(=O)N=Nc1nccs1. The standard InChI is InChI=1S/C5H6N4OS/c1-6-4(10)8-9-5-7-2-3-11-5/h2-3H,1H3,(H,6,10). The van der Waals surface area contributed by atoms with Crippen molar-refractivity contribution in [3.05, 3.63) is 11.6 Å². The molecule has 0 radical (unpaired) electrons. The van der Waals surface area contributed by atoms with Crippen LogP contribution in [-0.2, 0) is 0 Å². The van der Waals surface area contributed by atoms with E-state index in [1.807, 2.05) is 0 Å². The summed E-state index contributed by atoms with van der Waals surface area (Å²) in [4.78, 5) is 14.3. The maximum atomic E-state index is 10.5. The van der Waals surface area contributed by atoms with E-state index in [9.17, 15) is 4.79 Å². The fourth-order valence-corrected chi connectivity index (χ4v) is 0.857. The third-order valence-corrected chi connectivity index (χ3v) is 1.52. The summed E-state index contributed by atoms with van der Waals surface area (Å²) in [6.45, 7) is 0. The topological polar surface area (TPSA) is 66.7 Å². The van der Waals surface area contributed by atoms with Crippen molar-refractivity contribution >= 4 is 22.5 Å². The summed E-state index contributed by atoms with van der Waals surface area (Å²) in [7, 11) is 1.49. The van der Waals surface area contributed by atoms with Gasteiger partial charge in [0.1, 0.15) is 0 Å². The van der Waals surface area contributed by atoms with Crippen molar-refractivity contribution in [3.63, 3.8) is 0 Å². The monoisotopic (exact) mass is 170 g/mol. The molecule has 0 bridgehead atoms. The number of urea groups is 1. The van der Waals surface area contributed by atoms with Crippen LogP contribution in [-0.4, -0.2) is 18.1 Å². The van der Waals surface area contributed by atoms with Crippen LogP contribution < -0.4 is 5.32 Å². The van der Waals surface area contributed by atoms with Crippen LogP contribution >= 0.6 is 11.3 Å². The summed E-state index contributed by atoms with van der Waals surface area (Å²) in [6, 6.07) is -0.472. The number of nitrogens with zero attached hydrogens (tertiary/aromatic N) is 3. The number of amides is 2. The van der Waals surface area contributed by atoms with Gasteiger partial charge in [-0.25, -0.2) is 9.78 Å². The van der Waals surface area contributed by atoms with Gasteiger partial charge >= 0.3 is 6.03 Å². The molecule has 1 heterocycles. The minimum absolute atomic E-state index is 0.472. The van der Waals surface area contributed by atoms with Crippen LogP contribution in [0.1, 0.15) is 0 Å². The molecule has 5 nitrogen and oxygen atoms in total. The third-order valence-electron chi connectivity index (χ3n) is 0.860. The van der Waals surface area contributed by atoms with E-state index in [0.717, 1.165) is 0 Å². The van der Waals surface area contributed by atoms with Gasteiger partial charge in [-0.2, -0.15) is 0 Å². The molecule has 1 rings (SSSR count). The molecule has 0 unspecified atom stereocenters. The average molecular weight is 170 g/mol. The summed E-state index contributed by atoms with van der Waals surface area (Å²) < 4.78 is 0. The second kappa shape index (κ2) is 3.77. The van der Waals surface area contributed by atoms with Gasteiger partial charge in [-0.1, -0.05) is 5.11 Å². The van der Waals surface area contributed by atoms with E-state index in [-0.39, 0.29) is 0 Å². The number of nitrogens with one attached hydrogen (secondary N) is 1. The molecule has 0 aliphatic carbocycles. The van der Waals surface area contributed by atoms with Gasteiger partial charge in [-0.05, 0) is 0 Å². The number of hydrogen-bond acceptors (Lipinski definition) is 4. The van der Waals surface area contributed by atoms with Crippen LogP contribution in [0.3, 0.4) is 0 Å². The molecule has 0 spiro atoms. The number of thiazole rings is 1. The highest BCUT2D eigenvalue weighted by Crippen LogP contribution is 2.14. The second-order valence-electron chi connectivity index (χ2n) is 1.57. The minimum Gasteiger partial charge on any atom is -0.338 e. The minimum atomic E-state index is -0.472. The lowest BCUT2D eigenvalue weighted by Crippen LogP contribution is -2.11. The lowest BCUT2D eigenvalue weighted by Gasteiger charge is -1.84. The van der Waals surface area contributed by atoms with Crippen LogP contribution in [0.2, 0.25) is 0 Å². The number of carbonyl (C=O) groups is 1. The van der Waals surface area contributed by atoms with Crippen molar-refractivity contribution < 1.29 is 4.79 Å². The third kappa shape index (κ3) is 2.42. The first-order chi connectivity index (χ1) is 5.33. The second-order valence-corrected chi connectivity index (χ2v) is 2.44. The van der Waals surface area contributed by atoms with Crippen molar-refractivity contribution in [1.29, 1.82) is 0 Å². The van der Waals surface area contributed by atoms with Gasteiger partial charge < -0.3 is 5.32 Å². The van der Waals surface area contributed by atoms with Gasteiger partial charge in [-0.15, -0.1) is 16.5 Å². The summed E-state index contributed by atoms with van der Waals surface area (Å²) in [5.74, 6) is 0. The normalized spacial score (nSPS) is 10.3. The molecule has 1 N–H and O–H groups in total. The van der Waals surface area contributed by atoms with Crippen LogP contribution in [0.15, 0.2) is 21.8 Å². The molecule has 0 fully saturated rings. The zero-order chi connectivity index (χ0) is 8.10. The van der Waals surface area contributed by atoms with Crippen LogP contribution in [0.25, 0.3) is 0 Å². The van der Waals surface area contributed by atoms with E-state index in [1.54, 1.807) is 11.6 Å². The Labute approximate surface area is 67.2 Å². The Bertz CT molecular complexity index is 255. The molecule has 0 saturated heterocycles. The first kappa shape index (κ1) is 7.80. The Hall–Kier alpha value is -1.30. The Morgan fingerprint density at radius 2 is 2.64 bits per heavy atom. The molecule has 0 atom stereocenters. The molecule has 0 aliphatic rings. The summed E-state index contributed by atoms with van der Waals surface area (Å²) in [5.41, 5.74) is 0. The largest absolute Gasteiger partial charge is 0.359 e. The van der Waals surface area contributed by atoms with E-state index in [4.69, 9.17) is 0 Å². The quantitative estimate of drug-likeness (QED) is 0.650. The molecular weight excluding hydrogens is 164 g/mol. The Kier molecular flexibility index (Phi) is 2.67. The maximum absolute atomic E-state index is 10.5. The van der Waals surface area contributed by atoms with Gasteiger partial charge in [0.15, 0.2) is 0 Å². The van der Waals surface area contributed by atoms with E-state index in [0.29, 0.717) is 5.13 Å². The molecule has 1 aromatic heterocycles. The van der Waals surface area contributed by atoms with Crippen molar-refractivity contribution in [2.24, 2.45) is 10.2 Å². The summed E-state index contributed by atoms with van der Waals surface area (Å²) >= 11 is 1.32. The Morgan fingerprint density at radius 1 is 1.82 bits per heavy atom. The van der Waals surface area contributed by atoms with Gasteiger partial charge in [0.05, 0.1) is 0 Å². The van der Waals surface area contributed by atoms with Gasteiger partial charge in [0, 0.05) is 18.6 Å². The van der Waals surface area contributed by atoms with E-state index >= 15 is 0 Å². The van der Waals surface area contributed by atoms with Gasteiger partial charge in [0.25, 0.3) is 0 Å². The molecule has 0 aliphatic heterocycles. The molecule has 11 heavy (non-hydrogen) atoms. The number of hydrogen-bond donors (Lipinski definition) is 1. The van der Waals surface area contributed by atoms with Crippen molar-refractivity contribution in [2.45, 2.75) is 0 Å². The van der Waals surface area contributed by atoms with Gasteiger partial charge in [0.2, 0.25) is 5.13 Å². The number of aromatic nitrogens is 1. The van der Waals surface area contributed by atoms with Crippen LogP contribution in [0.4, 0.5) is 9.93 Å². The van der Waals surface area contributed by atoms with Crippen LogP contribution in [0, 0.1) is 0 Å². The molecule has 58 valence electrons. The summed E-state index contributed by atoms with van der Waals surface area (Å²) in [5, 5.41) is 11.4. The first-order valence-electron chi connectivity index (χ1n) is 2.86. The highest BCUT2D eigenvalue weighted by Gasteiger charge is 1.92.